The molecule has 6 nitrogen and oxygen atoms in total. The fraction of sp³-hybridized carbons (Fsp3) is 0.250. The molecule has 2 heterocycles. The molecule has 0 radical (unpaired) electrons. The number of rotatable bonds is 4. The summed E-state index contributed by atoms with van der Waals surface area (Å²) in [5.41, 5.74) is 9.25. The summed E-state index contributed by atoms with van der Waals surface area (Å²) in [4.78, 5) is 7.71. The molecule has 7 heteroatoms. The SMILES string of the molecule is I.NC(=NCCc1c[nH]c2ccccc12)Nc1ccc2c(c1)OCCCO2. The van der Waals surface area contributed by atoms with Gasteiger partial charge in [0.1, 0.15) is 0 Å². The highest BCUT2D eigenvalue weighted by atomic mass is 127. The predicted molar refractivity (Wildman–Crippen MR) is 120 cm³/mol. The van der Waals surface area contributed by atoms with Gasteiger partial charge in [0.05, 0.1) is 13.2 Å². The van der Waals surface area contributed by atoms with Gasteiger partial charge in [0.2, 0.25) is 0 Å². The van der Waals surface area contributed by atoms with Gasteiger partial charge in [-0.1, -0.05) is 18.2 Å². The largest absolute Gasteiger partial charge is 0.490 e. The standard InChI is InChI=1S/C20H22N4O2.HI/c21-20(22-9-8-14-13-23-17-5-2-1-4-16(14)17)24-15-6-7-18-19(12-15)26-11-3-10-25-18;/h1-2,4-7,12-13,23H,3,8-11H2,(H3,21,22,24);1H. The third kappa shape index (κ3) is 4.65. The number of halogens is 1. The topological polar surface area (TPSA) is 84.7 Å². The van der Waals surface area contributed by atoms with Gasteiger partial charge in [-0.05, 0) is 30.2 Å². The minimum absolute atomic E-state index is 0. The maximum Gasteiger partial charge on any atom is 0.193 e. The van der Waals surface area contributed by atoms with Crippen molar-refractivity contribution in [2.45, 2.75) is 12.8 Å². The predicted octanol–water partition coefficient (Wildman–Crippen LogP) is 3.92. The van der Waals surface area contributed by atoms with Gasteiger partial charge in [0.25, 0.3) is 0 Å². The van der Waals surface area contributed by atoms with Gasteiger partial charge >= 0.3 is 0 Å². The molecule has 0 fully saturated rings. The molecule has 0 saturated carbocycles. The zero-order valence-corrected chi connectivity index (χ0v) is 17.2. The van der Waals surface area contributed by atoms with Crippen LogP contribution in [0, 0.1) is 0 Å². The van der Waals surface area contributed by atoms with Gasteiger partial charge < -0.3 is 25.5 Å². The second-order valence-electron chi connectivity index (χ2n) is 6.21. The first-order valence-electron chi connectivity index (χ1n) is 8.81. The lowest BCUT2D eigenvalue weighted by atomic mass is 10.1. The molecule has 0 atom stereocenters. The summed E-state index contributed by atoms with van der Waals surface area (Å²) in [6.07, 6.45) is 3.75. The Morgan fingerprint density at radius 2 is 1.93 bits per heavy atom. The monoisotopic (exact) mass is 478 g/mol. The molecular formula is C20H23IN4O2. The van der Waals surface area contributed by atoms with E-state index in [0.717, 1.165) is 35.5 Å². The number of hydrogen-bond donors (Lipinski definition) is 3. The number of nitrogens with two attached hydrogens (primary N) is 1. The fourth-order valence-corrected chi connectivity index (χ4v) is 3.06. The Morgan fingerprint density at radius 1 is 1.11 bits per heavy atom. The summed E-state index contributed by atoms with van der Waals surface area (Å²) in [6, 6.07) is 14.0. The van der Waals surface area contributed by atoms with Crippen molar-refractivity contribution in [1.29, 1.82) is 0 Å². The van der Waals surface area contributed by atoms with E-state index in [2.05, 4.69) is 27.4 Å². The van der Waals surface area contributed by atoms with Crippen molar-refractivity contribution in [2.24, 2.45) is 10.7 Å². The van der Waals surface area contributed by atoms with Crippen LogP contribution in [0.5, 0.6) is 11.5 Å². The molecule has 0 amide bonds. The number of para-hydroxylation sites is 1. The third-order valence-electron chi connectivity index (χ3n) is 4.36. The number of H-pyrrole nitrogens is 1. The number of aliphatic imine (C=N–C) groups is 1. The Bertz CT molecular complexity index is 939. The number of guanidine groups is 1. The van der Waals surface area contributed by atoms with Crippen molar-refractivity contribution in [3.8, 4) is 11.5 Å². The first-order chi connectivity index (χ1) is 12.8. The normalized spacial score (nSPS) is 13.7. The van der Waals surface area contributed by atoms with Gasteiger partial charge in [-0.2, -0.15) is 0 Å². The zero-order chi connectivity index (χ0) is 17.8. The lowest BCUT2D eigenvalue weighted by molar-refractivity contribution is 0.297. The molecule has 0 spiro atoms. The Kier molecular flexibility index (Phi) is 6.44. The number of hydrogen-bond acceptors (Lipinski definition) is 3. The van der Waals surface area contributed by atoms with Gasteiger partial charge in [-0.3, -0.25) is 4.99 Å². The molecule has 4 rings (SSSR count). The lowest BCUT2D eigenvalue weighted by Crippen LogP contribution is -2.23. The van der Waals surface area contributed by atoms with Gasteiger partial charge in [0, 0.05) is 41.8 Å². The molecule has 4 N–H and O–H groups in total. The molecule has 0 bridgehead atoms. The highest BCUT2D eigenvalue weighted by molar-refractivity contribution is 14.0. The van der Waals surface area contributed by atoms with E-state index in [9.17, 15) is 0 Å². The number of aromatic nitrogens is 1. The van der Waals surface area contributed by atoms with E-state index in [-0.39, 0.29) is 24.0 Å². The van der Waals surface area contributed by atoms with Gasteiger partial charge in [0.15, 0.2) is 17.5 Å². The van der Waals surface area contributed by atoms with Crippen LogP contribution in [0.15, 0.2) is 53.7 Å². The van der Waals surface area contributed by atoms with Crippen LogP contribution in [-0.2, 0) is 6.42 Å². The molecule has 1 aromatic heterocycles. The number of fused-ring (bicyclic) bond motifs is 2. The maximum absolute atomic E-state index is 6.02. The van der Waals surface area contributed by atoms with Crippen molar-refractivity contribution in [3.63, 3.8) is 0 Å². The van der Waals surface area contributed by atoms with Crippen molar-refractivity contribution < 1.29 is 9.47 Å². The number of aromatic amines is 1. The molecule has 27 heavy (non-hydrogen) atoms. The summed E-state index contributed by atoms with van der Waals surface area (Å²) < 4.78 is 11.3. The Hall–Kier alpha value is -2.42. The number of nitrogens with zero attached hydrogens (tertiary/aromatic N) is 1. The maximum atomic E-state index is 6.02. The van der Waals surface area contributed by atoms with E-state index < -0.39 is 0 Å². The van der Waals surface area contributed by atoms with E-state index in [1.807, 2.05) is 36.5 Å². The number of ether oxygens (including phenoxy) is 2. The van der Waals surface area contributed by atoms with E-state index in [4.69, 9.17) is 15.2 Å². The zero-order valence-electron chi connectivity index (χ0n) is 14.9. The highest BCUT2D eigenvalue weighted by Gasteiger charge is 2.11. The van der Waals surface area contributed by atoms with Gasteiger partial charge in [-0.15, -0.1) is 24.0 Å². The molecule has 1 aliphatic rings. The first kappa shape index (κ1) is 19.3. The van der Waals surface area contributed by atoms with Crippen molar-refractivity contribution in [3.05, 3.63) is 54.2 Å². The first-order valence-corrected chi connectivity index (χ1v) is 8.81. The van der Waals surface area contributed by atoms with Crippen LogP contribution in [-0.4, -0.2) is 30.7 Å². The molecule has 0 saturated heterocycles. The lowest BCUT2D eigenvalue weighted by Gasteiger charge is -2.10. The number of anilines is 1. The average Bonchev–Trinajstić information content (AvgIpc) is 2.91. The van der Waals surface area contributed by atoms with Crippen LogP contribution in [0.1, 0.15) is 12.0 Å². The molecule has 0 unspecified atom stereocenters. The molecular weight excluding hydrogens is 455 g/mol. The van der Waals surface area contributed by atoms with E-state index in [1.54, 1.807) is 0 Å². The fourth-order valence-electron chi connectivity index (χ4n) is 3.06. The van der Waals surface area contributed by atoms with Crippen molar-refractivity contribution >= 4 is 46.5 Å². The van der Waals surface area contributed by atoms with E-state index >= 15 is 0 Å². The van der Waals surface area contributed by atoms with Crippen LogP contribution in [0.2, 0.25) is 0 Å². The molecule has 2 aromatic carbocycles. The summed E-state index contributed by atoms with van der Waals surface area (Å²) in [7, 11) is 0. The molecule has 3 aromatic rings. The Morgan fingerprint density at radius 3 is 2.81 bits per heavy atom. The third-order valence-corrected chi connectivity index (χ3v) is 4.36. The van der Waals surface area contributed by atoms with Gasteiger partial charge in [-0.25, -0.2) is 0 Å². The van der Waals surface area contributed by atoms with Crippen molar-refractivity contribution in [1.82, 2.24) is 4.98 Å². The quantitative estimate of drug-likeness (QED) is 0.302. The molecule has 142 valence electrons. The summed E-state index contributed by atoms with van der Waals surface area (Å²) >= 11 is 0. The summed E-state index contributed by atoms with van der Waals surface area (Å²) in [5.74, 6) is 1.89. The second-order valence-corrected chi connectivity index (χ2v) is 6.21. The Labute approximate surface area is 175 Å². The van der Waals surface area contributed by atoms with Crippen LogP contribution >= 0.6 is 24.0 Å². The average molecular weight is 478 g/mol. The van der Waals surface area contributed by atoms with E-state index in [1.165, 1.54) is 10.9 Å². The van der Waals surface area contributed by atoms with Crippen molar-refractivity contribution in [2.75, 3.05) is 25.1 Å². The van der Waals surface area contributed by atoms with Crippen LogP contribution in [0.25, 0.3) is 10.9 Å². The number of benzene rings is 2. The molecule has 1 aliphatic heterocycles. The Balaban J connectivity index is 0.00000210. The number of nitrogens with one attached hydrogen (secondary N) is 2. The minimum Gasteiger partial charge on any atom is -0.490 e. The smallest absolute Gasteiger partial charge is 0.193 e. The minimum atomic E-state index is 0. The van der Waals surface area contributed by atoms with Crippen LogP contribution in [0.4, 0.5) is 5.69 Å². The highest BCUT2D eigenvalue weighted by Crippen LogP contribution is 2.32. The van der Waals surface area contributed by atoms with Crippen LogP contribution < -0.4 is 20.5 Å². The molecule has 0 aliphatic carbocycles. The van der Waals surface area contributed by atoms with E-state index in [0.29, 0.717) is 25.7 Å². The summed E-state index contributed by atoms with van der Waals surface area (Å²) in [6.45, 7) is 1.95. The summed E-state index contributed by atoms with van der Waals surface area (Å²) in [5, 5.41) is 4.35. The van der Waals surface area contributed by atoms with Crippen LogP contribution in [0.3, 0.4) is 0 Å². The second kappa shape index (κ2) is 8.98.